The Morgan fingerprint density at radius 2 is 1.64 bits per heavy atom. The highest BCUT2D eigenvalue weighted by atomic mass is 32.1. The number of hydrazone groups is 1. The summed E-state index contributed by atoms with van der Waals surface area (Å²) in [5, 5.41) is 7.19. The van der Waals surface area contributed by atoms with E-state index < -0.39 is 5.97 Å². The van der Waals surface area contributed by atoms with E-state index in [1.165, 1.54) is 12.1 Å². The van der Waals surface area contributed by atoms with Crippen LogP contribution in [0.4, 0.5) is 10.1 Å². The van der Waals surface area contributed by atoms with Crippen molar-refractivity contribution in [1.29, 1.82) is 0 Å². The first-order chi connectivity index (χ1) is 13.6. The van der Waals surface area contributed by atoms with Gasteiger partial charge in [-0.2, -0.15) is 5.10 Å². The fourth-order valence-corrected chi connectivity index (χ4v) is 2.39. The molecule has 7 heteroatoms. The normalized spacial score (nSPS) is 10.5. The van der Waals surface area contributed by atoms with Gasteiger partial charge in [-0.25, -0.2) is 9.18 Å². The standard InChI is InChI=1S/C21H16FN3O2S/c22-17-8-10-18(11-9-17)24-21(28)25-23-14-15-6-12-19(13-7-15)27-20(26)16-4-2-1-3-5-16/h1-14H,(H2,24,25,28). The Labute approximate surface area is 166 Å². The number of carbonyl (C=O) groups excluding carboxylic acids is 1. The Balaban J connectivity index is 1.50. The molecule has 3 aromatic carbocycles. The smallest absolute Gasteiger partial charge is 0.343 e. The molecule has 0 spiro atoms. The van der Waals surface area contributed by atoms with Gasteiger partial charge in [0, 0.05) is 5.69 Å². The molecule has 0 radical (unpaired) electrons. The van der Waals surface area contributed by atoms with Crippen LogP contribution in [0.5, 0.6) is 5.75 Å². The summed E-state index contributed by atoms with van der Waals surface area (Å²) in [5.74, 6) is -0.297. The molecule has 0 atom stereocenters. The highest BCUT2D eigenvalue weighted by molar-refractivity contribution is 7.80. The van der Waals surface area contributed by atoms with Crippen LogP contribution in [0.1, 0.15) is 15.9 Å². The van der Waals surface area contributed by atoms with Crippen molar-refractivity contribution < 1.29 is 13.9 Å². The largest absolute Gasteiger partial charge is 0.423 e. The van der Waals surface area contributed by atoms with Gasteiger partial charge in [-0.1, -0.05) is 18.2 Å². The molecule has 0 aliphatic heterocycles. The van der Waals surface area contributed by atoms with Crippen molar-refractivity contribution >= 4 is 35.2 Å². The zero-order valence-corrected chi connectivity index (χ0v) is 15.4. The van der Waals surface area contributed by atoms with Crippen molar-refractivity contribution in [2.75, 3.05) is 5.32 Å². The number of ether oxygens (including phenoxy) is 1. The van der Waals surface area contributed by atoms with Crippen LogP contribution in [0, 0.1) is 5.82 Å². The summed E-state index contributed by atoms with van der Waals surface area (Å²) in [6, 6.07) is 21.5. The number of halogens is 1. The molecule has 0 unspecified atom stereocenters. The minimum absolute atomic E-state index is 0.274. The molecule has 3 aromatic rings. The molecule has 2 N–H and O–H groups in total. The fourth-order valence-electron chi connectivity index (χ4n) is 2.22. The van der Waals surface area contributed by atoms with Crippen LogP contribution in [-0.4, -0.2) is 17.3 Å². The molecule has 0 bridgehead atoms. The van der Waals surface area contributed by atoms with Gasteiger partial charge in [-0.05, 0) is 78.4 Å². The average molecular weight is 393 g/mol. The van der Waals surface area contributed by atoms with Crippen molar-refractivity contribution in [3.8, 4) is 5.75 Å². The van der Waals surface area contributed by atoms with Gasteiger partial charge < -0.3 is 10.1 Å². The lowest BCUT2D eigenvalue weighted by Crippen LogP contribution is -2.23. The highest BCUT2D eigenvalue weighted by Crippen LogP contribution is 2.13. The van der Waals surface area contributed by atoms with Crippen molar-refractivity contribution in [3.05, 3.63) is 95.8 Å². The number of nitrogens with zero attached hydrogens (tertiary/aromatic N) is 1. The molecule has 140 valence electrons. The number of rotatable bonds is 5. The summed E-state index contributed by atoms with van der Waals surface area (Å²) >= 11 is 5.11. The third kappa shape index (κ3) is 5.72. The minimum Gasteiger partial charge on any atom is -0.423 e. The second-order valence-corrected chi connectivity index (χ2v) is 6.06. The molecule has 0 aromatic heterocycles. The lowest BCUT2D eigenvalue weighted by atomic mass is 10.2. The van der Waals surface area contributed by atoms with E-state index in [1.807, 2.05) is 6.07 Å². The SMILES string of the molecule is O=C(Oc1ccc(C=NNC(=S)Nc2ccc(F)cc2)cc1)c1ccccc1. The van der Waals surface area contributed by atoms with Crippen molar-refractivity contribution in [2.24, 2.45) is 5.10 Å². The molecule has 0 fully saturated rings. The zero-order chi connectivity index (χ0) is 19.8. The third-order valence-corrected chi connectivity index (χ3v) is 3.78. The first-order valence-electron chi connectivity index (χ1n) is 8.33. The summed E-state index contributed by atoms with van der Waals surface area (Å²) < 4.78 is 18.2. The number of hydrogen-bond acceptors (Lipinski definition) is 4. The van der Waals surface area contributed by atoms with Crippen LogP contribution in [0.15, 0.2) is 84.0 Å². The molecule has 5 nitrogen and oxygen atoms in total. The minimum atomic E-state index is -0.416. The first kappa shape index (κ1) is 19.2. The number of nitrogens with one attached hydrogen (secondary N) is 2. The maximum absolute atomic E-state index is 12.9. The average Bonchev–Trinajstić information content (AvgIpc) is 2.72. The van der Waals surface area contributed by atoms with E-state index in [2.05, 4.69) is 15.8 Å². The molecular weight excluding hydrogens is 377 g/mol. The molecule has 0 saturated heterocycles. The predicted molar refractivity (Wildman–Crippen MR) is 111 cm³/mol. The Hall–Kier alpha value is -3.58. The van der Waals surface area contributed by atoms with Gasteiger partial charge in [0.25, 0.3) is 0 Å². The fraction of sp³-hybridized carbons (Fsp3) is 0. The molecule has 3 rings (SSSR count). The second kappa shape index (κ2) is 9.38. The monoisotopic (exact) mass is 393 g/mol. The Kier molecular flexibility index (Phi) is 6.43. The number of anilines is 1. The quantitative estimate of drug-likeness (QED) is 0.222. The molecular formula is C21H16FN3O2S. The van der Waals surface area contributed by atoms with Crippen LogP contribution in [-0.2, 0) is 0 Å². The van der Waals surface area contributed by atoms with Gasteiger partial charge >= 0.3 is 5.97 Å². The molecule has 0 heterocycles. The van der Waals surface area contributed by atoms with E-state index in [1.54, 1.807) is 66.9 Å². The third-order valence-electron chi connectivity index (χ3n) is 3.58. The number of carbonyl (C=O) groups is 1. The lowest BCUT2D eigenvalue weighted by molar-refractivity contribution is 0.0735. The number of thiocarbonyl (C=S) groups is 1. The van der Waals surface area contributed by atoms with Gasteiger partial charge in [0.2, 0.25) is 0 Å². The van der Waals surface area contributed by atoms with E-state index in [9.17, 15) is 9.18 Å². The van der Waals surface area contributed by atoms with Crippen LogP contribution >= 0.6 is 12.2 Å². The van der Waals surface area contributed by atoms with Crippen molar-refractivity contribution in [3.63, 3.8) is 0 Å². The van der Waals surface area contributed by atoms with E-state index in [4.69, 9.17) is 17.0 Å². The maximum atomic E-state index is 12.9. The first-order valence-corrected chi connectivity index (χ1v) is 8.74. The molecule has 0 saturated carbocycles. The van der Waals surface area contributed by atoms with Gasteiger partial charge in [-0.15, -0.1) is 0 Å². The summed E-state index contributed by atoms with van der Waals surface area (Å²) in [4.78, 5) is 12.0. The van der Waals surface area contributed by atoms with Crippen LogP contribution in [0.25, 0.3) is 0 Å². The number of esters is 1. The van der Waals surface area contributed by atoms with E-state index in [-0.39, 0.29) is 10.9 Å². The molecule has 0 aliphatic rings. The number of benzene rings is 3. The van der Waals surface area contributed by atoms with Crippen LogP contribution in [0.3, 0.4) is 0 Å². The topological polar surface area (TPSA) is 62.7 Å². The number of hydrogen-bond donors (Lipinski definition) is 2. The zero-order valence-electron chi connectivity index (χ0n) is 14.6. The van der Waals surface area contributed by atoms with E-state index >= 15 is 0 Å². The Bertz CT molecular complexity index is 975. The van der Waals surface area contributed by atoms with Crippen LogP contribution < -0.4 is 15.5 Å². The summed E-state index contributed by atoms with van der Waals surface area (Å²) in [6.07, 6.45) is 1.57. The van der Waals surface area contributed by atoms with Crippen molar-refractivity contribution in [2.45, 2.75) is 0 Å². The predicted octanol–water partition coefficient (Wildman–Crippen LogP) is 4.37. The van der Waals surface area contributed by atoms with E-state index in [0.717, 1.165) is 5.56 Å². The molecule has 0 amide bonds. The lowest BCUT2D eigenvalue weighted by Gasteiger charge is -2.06. The Morgan fingerprint density at radius 1 is 0.964 bits per heavy atom. The summed E-state index contributed by atoms with van der Waals surface area (Å²) in [6.45, 7) is 0. The maximum Gasteiger partial charge on any atom is 0.343 e. The Morgan fingerprint density at radius 3 is 2.32 bits per heavy atom. The second-order valence-electron chi connectivity index (χ2n) is 5.66. The van der Waals surface area contributed by atoms with Gasteiger partial charge in [-0.3, -0.25) is 5.43 Å². The van der Waals surface area contributed by atoms with Crippen LogP contribution in [0.2, 0.25) is 0 Å². The van der Waals surface area contributed by atoms with E-state index in [0.29, 0.717) is 17.0 Å². The van der Waals surface area contributed by atoms with Gasteiger partial charge in [0.1, 0.15) is 11.6 Å². The molecule has 0 aliphatic carbocycles. The molecule has 28 heavy (non-hydrogen) atoms. The van der Waals surface area contributed by atoms with Crippen molar-refractivity contribution in [1.82, 2.24) is 5.43 Å². The highest BCUT2D eigenvalue weighted by Gasteiger charge is 2.07. The van der Waals surface area contributed by atoms with Gasteiger partial charge in [0.05, 0.1) is 11.8 Å². The summed E-state index contributed by atoms with van der Waals surface area (Å²) in [7, 11) is 0. The summed E-state index contributed by atoms with van der Waals surface area (Å²) in [5.41, 5.74) is 4.60. The van der Waals surface area contributed by atoms with Gasteiger partial charge in [0.15, 0.2) is 5.11 Å².